The lowest BCUT2D eigenvalue weighted by Gasteiger charge is -2.10. The number of nitrogens with zero attached hydrogens (tertiary/aromatic N) is 2. The molecule has 1 aromatic carbocycles. The van der Waals surface area contributed by atoms with Crippen molar-refractivity contribution in [3.63, 3.8) is 0 Å². The molecule has 3 aromatic rings. The van der Waals surface area contributed by atoms with Gasteiger partial charge in [0.05, 0.1) is 10.9 Å². The second-order valence-electron chi connectivity index (χ2n) is 5.19. The number of anilines is 1. The molecule has 0 aliphatic heterocycles. The minimum atomic E-state index is -0.692. The highest BCUT2D eigenvalue weighted by Gasteiger charge is 2.19. The number of amides is 1. The molecular formula is C16H14F2N4OS2. The number of carbonyl (C=O) groups excluding carboxylic acids is 1. The van der Waals surface area contributed by atoms with Crippen LogP contribution in [0.4, 0.5) is 14.5 Å². The zero-order chi connectivity index (χ0) is 17.8. The first kappa shape index (κ1) is 17.6. The number of thiophene rings is 1. The molecule has 2 heterocycles. The van der Waals surface area contributed by atoms with E-state index in [1.165, 1.54) is 0 Å². The molecule has 0 radical (unpaired) electrons. The summed E-state index contributed by atoms with van der Waals surface area (Å²) in [6.45, 7) is 1.65. The lowest BCUT2D eigenvalue weighted by molar-refractivity contribution is -0.115. The first-order valence-electron chi connectivity index (χ1n) is 7.37. The molecule has 1 atom stereocenters. The van der Waals surface area contributed by atoms with Gasteiger partial charge >= 0.3 is 0 Å². The Kier molecular flexibility index (Phi) is 5.44. The summed E-state index contributed by atoms with van der Waals surface area (Å²) >= 11 is 2.76. The van der Waals surface area contributed by atoms with E-state index in [0.29, 0.717) is 17.4 Å². The van der Waals surface area contributed by atoms with E-state index in [-0.39, 0.29) is 5.69 Å². The summed E-state index contributed by atoms with van der Waals surface area (Å²) in [5, 5.41) is 11.1. The van der Waals surface area contributed by atoms with Crippen molar-refractivity contribution in [1.29, 1.82) is 0 Å². The lowest BCUT2D eigenvalue weighted by Crippen LogP contribution is -2.23. The summed E-state index contributed by atoms with van der Waals surface area (Å²) in [7, 11) is 0. The van der Waals surface area contributed by atoms with Gasteiger partial charge < -0.3 is 5.32 Å². The Hall–Kier alpha value is -2.26. The SMILES string of the molecule is CC(Sc1n[nH]c(Cc2cccs2)n1)C(=O)Nc1cc(F)ccc1F. The standard InChI is InChI=1S/C16H14F2N4OS2/c1-9(15(23)19-13-7-10(17)4-5-12(13)18)25-16-20-14(21-22-16)8-11-3-2-6-24-11/h2-7,9H,8H2,1H3,(H,19,23)(H,20,21,22). The van der Waals surface area contributed by atoms with Crippen molar-refractivity contribution in [2.75, 3.05) is 5.32 Å². The van der Waals surface area contributed by atoms with E-state index in [1.54, 1.807) is 18.3 Å². The highest BCUT2D eigenvalue weighted by Crippen LogP contribution is 2.23. The topological polar surface area (TPSA) is 70.7 Å². The van der Waals surface area contributed by atoms with Crippen LogP contribution in [0, 0.1) is 11.6 Å². The third kappa shape index (κ3) is 4.64. The highest BCUT2D eigenvalue weighted by molar-refractivity contribution is 8.00. The van der Waals surface area contributed by atoms with Gasteiger partial charge in [-0.05, 0) is 30.5 Å². The molecule has 3 rings (SSSR count). The van der Waals surface area contributed by atoms with Crippen LogP contribution in [0.5, 0.6) is 0 Å². The predicted octanol–water partition coefficient (Wildman–Crippen LogP) is 3.85. The number of carbonyl (C=O) groups is 1. The Morgan fingerprint density at radius 1 is 1.40 bits per heavy atom. The number of benzene rings is 1. The maximum Gasteiger partial charge on any atom is 0.237 e. The van der Waals surface area contributed by atoms with Crippen molar-refractivity contribution < 1.29 is 13.6 Å². The van der Waals surface area contributed by atoms with Crippen LogP contribution < -0.4 is 5.32 Å². The fraction of sp³-hybridized carbons (Fsp3) is 0.188. The maximum atomic E-state index is 13.6. The fourth-order valence-corrected chi connectivity index (χ4v) is 3.48. The molecule has 0 saturated carbocycles. The number of hydrogen-bond donors (Lipinski definition) is 2. The number of aromatic nitrogens is 3. The van der Waals surface area contributed by atoms with Gasteiger partial charge in [-0.15, -0.1) is 16.4 Å². The molecular weight excluding hydrogens is 366 g/mol. The minimum absolute atomic E-state index is 0.189. The quantitative estimate of drug-likeness (QED) is 0.637. The summed E-state index contributed by atoms with van der Waals surface area (Å²) in [5.41, 5.74) is -0.189. The molecule has 2 N–H and O–H groups in total. The Morgan fingerprint density at radius 2 is 2.24 bits per heavy atom. The normalized spacial score (nSPS) is 12.1. The minimum Gasteiger partial charge on any atom is -0.323 e. The molecule has 0 bridgehead atoms. The molecule has 0 spiro atoms. The monoisotopic (exact) mass is 380 g/mol. The summed E-state index contributed by atoms with van der Waals surface area (Å²) in [6, 6.07) is 6.87. The Morgan fingerprint density at radius 3 is 3.00 bits per heavy atom. The molecule has 2 aromatic heterocycles. The second-order valence-corrected chi connectivity index (χ2v) is 7.53. The van der Waals surface area contributed by atoms with Crippen molar-refractivity contribution in [2.24, 2.45) is 0 Å². The van der Waals surface area contributed by atoms with Gasteiger partial charge in [0.2, 0.25) is 11.1 Å². The molecule has 1 unspecified atom stereocenters. The third-order valence-corrected chi connectivity index (χ3v) is 5.11. The van der Waals surface area contributed by atoms with Gasteiger partial charge in [0.1, 0.15) is 17.5 Å². The van der Waals surface area contributed by atoms with Crippen LogP contribution in [0.2, 0.25) is 0 Å². The Labute approximate surface area is 150 Å². The van der Waals surface area contributed by atoms with Gasteiger partial charge in [-0.1, -0.05) is 17.8 Å². The number of nitrogens with one attached hydrogen (secondary N) is 2. The zero-order valence-electron chi connectivity index (χ0n) is 13.1. The lowest BCUT2D eigenvalue weighted by atomic mass is 10.3. The summed E-state index contributed by atoms with van der Waals surface area (Å²) < 4.78 is 26.7. The molecule has 5 nitrogen and oxygen atoms in total. The number of H-pyrrole nitrogens is 1. The van der Waals surface area contributed by atoms with Crippen LogP contribution in [0.1, 0.15) is 17.6 Å². The average molecular weight is 380 g/mol. The van der Waals surface area contributed by atoms with E-state index in [1.807, 2.05) is 17.5 Å². The number of aromatic amines is 1. The third-order valence-electron chi connectivity index (χ3n) is 3.27. The van der Waals surface area contributed by atoms with Gasteiger partial charge in [-0.2, -0.15) is 0 Å². The average Bonchev–Trinajstić information content (AvgIpc) is 3.23. The number of rotatable bonds is 6. The smallest absolute Gasteiger partial charge is 0.237 e. The van der Waals surface area contributed by atoms with Crippen LogP contribution >= 0.6 is 23.1 Å². The Bertz CT molecular complexity index is 867. The molecule has 1 amide bonds. The molecule has 9 heteroatoms. The fourth-order valence-electron chi connectivity index (χ4n) is 2.03. The molecule has 0 aliphatic rings. The number of thioether (sulfide) groups is 1. The molecule has 0 saturated heterocycles. The molecule has 0 fully saturated rings. The summed E-state index contributed by atoms with van der Waals surface area (Å²) in [5.74, 6) is -1.07. The van der Waals surface area contributed by atoms with Crippen molar-refractivity contribution >= 4 is 34.7 Å². The van der Waals surface area contributed by atoms with Gasteiger partial charge in [0.25, 0.3) is 0 Å². The maximum absolute atomic E-state index is 13.6. The number of hydrogen-bond acceptors (Lipinski definition) is 5. The van der Waals surface area contributed by atoms with Gasteiger partial charge in [0, 0.05) is 17.4 Å². The predicted molar refractivity (Wildman–Crippen MR) is 93.8 cm³/mol. The highest BCUT2D eigenvalue weighted by atomic mass is 32.2. The van der Waals surface area contributed by atoms with Crippen molar-refractivity contribution in [3.8, 4) is 0 Å². The second kappa shape index (κ2) is 7.75. The van der Waals surface area contributed by atoms with Crippen molar-refractivity contribution in [1.82, 2.24) is 15.2 Å². The van der Waals surface area contributed by atoms with Crippen LogP contribution in [0.3, 0.4) is 0 Å². The van der Waals surface area contributed by atoms with E-state index in [2.05, 4.69) is 20.5 Å². The number of halogens is 2. The van der Waals surface area contributed by atoms with E-state index in [0.717, 1.165) is 34.8 Å². The van der Waals surface area contributed by atoms with Crippen LogP contribution in [0.15, 0.2) is 40.9 Å². The van der Waals surface area contributed by atoms with Crippen LogP contribution in [-0.2, 0) is 11.2 Å². The summed E-state index contributed by atoms with van der Waals surface area (Å²) in [6.07, 6.45) is 0.639. The van der Waals surface area contributed by atoms with Crippen LogP contribution in [-0.4, -0.2) is 26.3 Å². The van der Waals surface area contributed by atoms with E-state index in [4.69, 9.17) is 0 Å². The molecule has 25 heavy (non-hydrogen) atoms. The molecule has 130 valence electrons. The van der Waals surface area contributed by atoms with Gasteiger partial charge in [-0.25, -0.2) is 13.8 Å². The van der Waals surface area contributed by atoms with E-state index in [9.17, 15) is 13.6 Å². The summed E-state index contributed by atoms with van der Waals surface area (Å²) in [4.78, 5) is 17.6. The van der Waals surface area contributed by atoms with Gasteiger partial charge in [0.15, 0.2) is 0 Å². The van der Waals surface area contributed by atoms with Crippen LogP contribution in [0.25, 0.3) is 0 Å². The zero-order valence-corrected chi connectivity index (χ0v) is 14.8. The first-order chi connectivity index (χ1) is 12.0. The van der Waals surface area contributed by atoms with E-state index >= 15 is 0 Å². The van der Waals surface area contributed by atoms with Crippen molar-refractivity contribution in [3.05, 3.63) is 58.0 Å². The van der Waals surface area contributed by atoms with Crippen molar-refractivity contribution in [2.45, 2.75) is 23.8 Å². The Balaban J connectivity index is 1.60. The largest absolute Gasteiger partial charge is 0.323 e. The first-order valence-corrected chi connectivity index (χ1v) is 9.13. The van der Waals surface area contributed by atoms with E-state index < -0.39 is 22.8 Å². The van der Waals surface area contributed by atoms with Gasteiger partial charge in [-0.3, -0.25) is 9.89 Å². The molecule has 0 aliphatic carbocycles.